The average molecular weight is 216 g/mol. The fourth-order valence-corrected chi connectivity index (χ4v) is 1.30. The zero-order chi connectivity index (χ0) is 10.7. The molecule has 0 saturated heterocycles. The van der Waals surface area contributed by atoms with Crippen LogP contribution in [0.25, 0.3) is 0 Å². The predicted molar refractivity (Wildman–Crippen MR) is 53.5 cm³/mol. The Kier molecular flexibility index (Phi) is 3.43. The van der Waals surface area contributed by atoms with E-state index in [0.29, 0.717) is 11.1 Å². The summed E-state index contributed by atoms with van der Waals surface area (Å²) in [7, 11) is 0. The van der Waals surface area contributed by atoms with Gasteiger partial charge in [0.05, 0.1) is 16.9 Å². The third kappa shape index (κ3) is 2.21. The van der Waals surface area contributed by atoms with Crippen molar-refractivity contribution in [1.82, 2.24) is 0 Å². The third-order valence-corrected chi connectivity index (χ3v) is 2.25. The van der Waals surface area contributed by atoms with Gasteiger partial charge in [-0.25, -0.2) is 0 Å². The van der Waals surface area contributed by atoms with Gasteiger partial charge in [0.25, 0.3) is 5.69 Å². The van der Waals surface area contributed by atoms with Gasteiger partial charge >= 0.3 is 0 Å². The summed E-state index contributed by atoms with van der Waals surface area (Å²) in [5.74, 6) is 0.0280. The van der Waals surface area contributed by atoms with Gasteiger partial charge in [0, 0.05) is 11.6 Å². The van der Waals surface area contributed by atoms with E-state index in [9.17, 15) is 15.2 Å². The van der Waals surface area contributed by atoms with E-state index in [4.69, 9.17) is 11.6 Å². The van der Waals surface area contributed by atoms with Crippen molar-refractivity contribution in [1.29, 1.82) is 0 Å². The molecule has 1 aromatic rings. The van der Waals surface area contributed by atoms with Gasteiger partial charge in [-0.05, 0) is 12.5 Å². The van der Waals surface area contributed by atoms with E-state index >= 15 is 0 Å². The maximum atomic E-state index is 10.6. The number of benzene rings is 1. The van der Waals surface area contributed by atoms with Crippen molar-refractivity contribution in [2.75, 3.05) is 5.88 Å². The molecule has 0 spiro atoms. The minimum absolute atomic E-state index is 0.00617. The van der Waals surface area contributed by atoms with Crippen LogP contribution < -0.4 is 0 Å². The van der Waals surface area contributed by atoms with Crippen LogP contribution in [0.15, 0.2) is 18.2 Å². The van der Waals surface area contributed by atoms with Crippen LogP contribution in [0, 0.1) is 17.0 Å². The number of aliphatic hydroxyl groups excluding tert-OH is 1. The van der Waals surface area contributed by atoms with Crippen molar-refractivity contribution in [3.8, 4) is 0 Å². The molecule has 76 valence electrons. The van der Waals surface area contributed by atoms with Gasteiger partial charge in [-0.15, -0.1) is 11.6 Å². The second kappa shape index (κ2) is 4.39. The molecular formula is C9H10ClNO3. The fourth-order valence-electron chi connectivity index (χ4n) is 1.12. The highest BCUT2D eigenvalue weighted by atomic mass is 35.5. The van der Waals surface area contributed by atoms with Crippen molar-refractivity contribution in [2.45, 2.75) is 13.0 Å². The van der Waals surface area contributed by atoms with Crippen LogP contribution in [0.4, 0.5) is 5.69 Å². The molecule has 1 atom stereocenters. The maximum Gasteiger partial charge on any atom is 0.272 e. The summed E-state index contributed by atoms with van der Waals surface area (Å²) in [5.41, 5.74) is 1.05. The Hall–Kier alpha value is -1.13. The van der Waals surface area contributed by atoms with E-state index in [1.165, 1.54) is 6.07 Å². The number of nitrogens with zero attached hydrogens (tertiary/aromatic N) is 1. The first-order valence-electron chi connectivity index (χ1n) is 4.05. The fraction of sp³-hybridized carbons (Fsp3) is 0.333. The lowest BCUT2D eigenvalue weighted by Gasteiger charge is -2.07. The molecule has 1 N–H and O–H groups in total. The van der Waals surface area contributed by atoms with E-state index in [0.717, 1.165) is 0 Å². The number of hydrogen-bond donors (Lipinski definition) is 1. The topological polar surface area (TPSA) is 63.4 Å². The molecule has 4 nitrogen and oxygen atoms in total. The smallest absolute Gasteiger partial charge is 0.272 e. The Morgan fingerprint density at radius 1 is 1.64 bits per heavy atom. The highest BCUT2D eigenvalue weighted by Crippen LogP contribution is 2.23. The Labute approximate surface area is 86.3 Å². The van der Waals surface area contributed by atoms with Crippen molar-refractivity contribution >= 4 is 17.3 Å². The van der Waals surface area contributed by atoms with Crippen molar-refractivity contribution in [3.63, 3.8) is 0 Å². The Balaban J connectivity index is 3.12. The molecule has 0 aliphatic rings. The van der Waals surface area contributed by atoms with E-state index < -0.39 is 11.0 Å². The standard InChI is InChI=1S/C9H10ClNO3/c1-6-2-3-7(9(12)5-10)4-8(6)11(13)14/h2-4,9,12H,5H2,1H3/t9-/m0/s1. The lowest BCUT2D eigenvalue weighted by Crippen LogP contribution is -2.00. The molecule has 0 aromatic heterocycles. The maximum absolute atomic E-state index is 10.6. The van der Waals surface area contributed by atoms with Crippen LogP contribution in [0.3, 0.4) is 0 Å². The van der Waals surface area contributed by atoms with Crippen LogP contribution in [-0.2, 0) is 0 Å². The predicted octanol–water partition coefficient (Wildman–Crippen LogP) is 2.18. The third-order valence-electron chi connectivity index (χ3n) is 1.96. The summed E-state index contributed by atoms with van der Waals surface area (Å²) in [5, 5.41) is 19.9. The van der Waals surface area contributed by atoms with Gasteiger partial charge < -0.3 is 5.11 Å². The first kappa shape index (κ1) is 10.9. The summed E-state index contributed by atoms with van der Waals surface area (Å²) in [6, 6.07) is 4.58. The molecule has 5 heteroatoms. The summed E-state index contributed by atoms with van der Waals surface area (Å²) in [6.45, 7) is 1.65. The number of aryl methyl sites for hydroxylation is 1. The van der Waals surface area contributed by atoms with E-state index in [1.807, 2.05) is 0 Å². The molecule has 0 radical (unpaired) electrons. The first-order valence-corrected chi connectivity index (χ1v) is 4.58. The van der Waals surface area contributed by atoms with Gasteiger partial charge in [0.2, 0.25) is 0 Å². The van der Waals surface area contributed by atoms with Gasteiger partial charge in [0.15, 0.2) is 0 Å². The Bertz CT molecular complexity index is 354. The molecule has 0 saturated carbocycles. The molecule has 0 heterocycles. The lowest BCUT2D eigenvalue weighted by atomic mass is 10.1. The van der Waals surface area contributed by atoms with E-state index in [-0.39, 0.29) is 11.6 Å². The SMILES string of the molecule is Cc1ccc([C@@H](O)CCl)cc1[N+](=O)[O-]. The highest BCUT2D eigenvalue weighted by molar-refractivity contribution is 6.18. The zero-order valence-corrected chi connectivity index (χ0v) is 8.36. The first-order chi connectivity index (χ1) is 6.56. The number of nitro benzene ring substituents is 1. The number of halogens is 1. The number of aliphatic hydroxyl groups is 1. The molecule has 0 unspecified atom stereocenters. The molecule has 1 aromatic carbocycles. The van der Waals surface area contributed by atoms with E-state index in [2.05, 4.69) is 0 Å². The molecule has 1 rings (SSSR count). The quantitative estimate of drug-likeness (QED) is 0.478. The monoisotopic (exact) mass is 215 g/mol. The second-order valence-electron chi connectivity index (χ2n) is 2.97. The molecular weight excluding hydrogens is 206 g/mol. The van der Waals surface area contributed by atoms with Crippen LogP contribution in [0.2, 0.25) is 0 Å². The average Bonchev–Trinajstić information content (AvgIpc) is 2.17. The molecule has 14 heavy (non-hydrogen) atoms. The van der Waals surface area contributed by atoms with Crippen molar-refractivity contribution < 1.29 is 10.0 Å². The minimum Gasteiger partial charge on any atom is -0.387 e. The van der Waals surface area contributed by atoms with Crippen molar-refractivity contribution in [3.05, 3.63) is 39.4 Å². The van der Waals surface area contributed by atoms with Gasteiger partial charge in [0.1, 0.15) is 0 Å². The summed E-state index contributed by atoms with van der Waals surface area (Å²) in [6.07, 6.45) is -0.851. The largest absolute Gasteiger partial charge is 0.387 e. The highest BCUT2D eigenvalue weighted by Gasteiger charge is 2.14. The minimum atomic E-state index is -0.851. The lowest BCUT2D eigenvalue weighted by molar-refractivity contribution is -0.385. The van der Waals surface area contributed by atoms with E-state index in [1.54, 1.807) is 19.1 Å². The normalized spacial score (nSPS) is 12.5. The zero-order valence-electron chi connectivity index (χ0n) is 7.61. The number of nitro groups is 1. The summed E-state index contributed by atoms with van der Waals surface area (Å²) < 4.78 is 0. The second-order valence-corrected chi connectivity index (χ2v) is 3.28. The van der Waals surface area contributed by atoms with Crippen LogP contribution in [0.1, 0.15) is 17.2 Å². The molecule has 0 fully saturated rings. The summed E-state index contributed by atoms with van der Waals surface area (Å²) in [4.78, 5) is 10.1. The van der Waals surface area contributed by atoms with Crippen molar-refractivity contribution in [2.24, 2.45) is 0 Å². The molecule has 0 aliphatic heterocycles. The molecule has 0 aliphatic carbocycles. The number of rotatable bonds is 3. The van der Waals surface area contributed by atoms with Gasteiger partial charge in [-0.1, -0.05) is 12.1 Å². The van der Waals surface area contributed by atoms with Crippen LogP contribution >= 0.6 is 11.6 Å². The number of hydrogen-bond acceptors (Lipinski definition) is 3. The van der Waals surface area contributed by atoms with Gasteiger partial charge in [-0.3, -0.25) is 10.1 Å². The molecule has 0 amide bonds. The molecule has 0 bridgehead atoms. The summed E-state index contributed by atoms with van der Waals surface area (Å²) >= 11 is 5.44. The Morgan fingerprint density at radius 3 is 2.79 bits per heavy atom. The Morgan fingerprint density at radius 2 is 2.29 bits per heavy atom. The van der Waals surface area contributed by atoms with Crippen LogP contribution in [0.5, 0.6) is 0 Å². The van der Waals surface area contributed by atoms with Gasteiger partial charge in [-0.2, -0.15) is 0 Å². The number of alkyl halides is 1. The van der Waals surface area contributed by atoms with Crippen LogP contribution in [-0.4, -0.2) is 15.9 Å².